The first kappa shape index (κ1) is 19.0. The molecule has 0 bridgehead atoms. The van der Waals surface area contributed by atoms with Gasteiger partial charge < -0.3 is 15.0 Å². The third-order valence-corrected chi connectivity index (χ3v) is 4.64. The number of benzene rings is 2. The second-order valence-corrected chi connectivity index (χ2v) is 6.57. The quantitative estimate of drug-likeness (QED) is 0.849. The number of hydrogen-bond acceptors (Lipinski definition) is 3. The van der Waals surface area contributed by atoms with E-state index in [9.17, 15) is 14.0 Å². The van der Waals surface area contributed by atoms with Crippen LogP contribution in [0.5, 0.6) is 0 Å². The van der Waals surface area contributed by atoms with Crippen molar-refractivity contribution in [2.24, 2.45) is 0 Å². The Morgan fingerprint density at radius 3 is 2.81 bits per heavy atom. The van der Waals surface area contributed by atoms with Crippen molar-refractivity contribution in [3.8, 4) is 0 Å². The van der Waals surface area contributed by atoms with E-state index in [4.69, 9.17) is 4.74 Å². The molecule has 0 aromatic heterocycles. The summed E-state index contributed by atoms with van der Waals surface area (Å²) < 4.78 is 18.6. The number of carbonyl (C=O) groups is 2. The average molecular weight is 370 g/mol. The van der Waals surface area contributed by atoms with E-state index in [-0.39, 0.29) is 30.7 Å². The van der Waals surface area contributed by atoms with Gasteiger partial charge in [-0.2, -0.15) is 0 Å². The molecule has 142 valence electrons. The highest BCUT2D eigenvalue weighted by Gasteiger charge is 2.22. The molecular formula is C21H23FN2O3. The Balaban J connectivity index is 1.67. The summed E-state index contributed by atoms with van der Waals surface area (Å²) in [5.41, 5.74) is 3.05. The van der Waals surface area contributed by atoms with Gasteiger partial charge in [-0.05, 0) is 48.6 Å². The predicted octanol–water partition coefficient (Wildman–Crippen LogP) is 3.32. The third kappa shape index (κ3) is 4.71. The van der Waals surface area contributed by atoms with E-state index in [1.54, 1.807) is 23.1 Å². The van der Waals surface area contributed by atoms with Crippen LogP contribution in [0.2, 0.25) is 0 Å². The minimum Gasteiger partial charge on any atom is -0.375 e. The van der Waals surface area contributed by atoms with Crippen LogP contribution in [0.4, 0.5) is 15.8 Å². The van der Waals surface area contributed by atoms with Crippen molar-refractivity contribution in [1.29, 1.82) is 0 Å². The highest BCUT2D eigenvalue weighted by molar-refractivity contribution is 5.97. The van der Waals surface area contributed by atoms with Crippen molar-refractivity contribution < 1.29 is 18.7 Å². The smallest absolute Gasteiger partial charge is 0.252 e. The molecule has 1 heterocycles. The topological polar surface area (TPSA) is 58.6 Å². The summed E-state index contributed by atoms with van der Waals surface area (Å²) >= 11 is 0. The van der Waals surface area contributed by atoms with Crippen molar-refractivity contribution in [3.05, 3.63) is 59.4 Å². The first-order valence-corrected chi connectivity index (χ1v) is 9.04. The van der Waals surface area contributed by atoms with Gasteiger partial charge in [0.25, 0.3) is 5.91 Å². The number of halogens is 1. The first-order valence-electron chi connectivity index (χ1n) is 9.04. The van der Waals surface area contributed by atoms with Crippen molar-refractivity contribution in [3.63, 3.8) is 0 Å². The van der Waals surface area contributed by atoms with Gasteiger partial charge in [-0.15, -0.1) is 0 Å². The van der Waals surface area contributed by atoms with Crippen LogP contribution in [0.3, 0.4) is 0 Å². The fraction of sp³-hybridized carbons (Fsp3) is 0.333. The number of fused-ring (bicyclic) bond motifs is 1. The summed E-state index contributed by atoms with van der Waals surface area (Å²) in [4.78, 5) is 26.2. The average Bonchev–Trinajstić information content (AvgIpc) is 2.67. The van der Waals surface area contributed by atoms with E-state index in [2.05, 4.69) is 5.32 Å². The Hall–Kier alpha value is -2.73. The number of methoxy groups -OCH3 is 1. The normalized spacial score (nSPS) is 13.2. The molecule has 0 radical (unpaired) electrons. The Morgan fingerprint density at radius 1 is 1.22 bits per heavy atom. The molecule has 0 atom stereocenters. The number of carbonyl (C=O) groups excluding carboxylic acids is 2. The van der Waals surface area contributed by atoms with E-state index >= 15 is 0 Å². The molecule has 0 saturated heterocycles. The summed E-state index contributed by atoms with van der Waals surface area (Å²) in [5.74, 6) is -0.586. The Kier molecular flexibility index (Phi) is 6.19. The van der Waals surface area contributed by atoms with E-state index in [1.165, 1.54) is 13.2 Å². The van der Waals surface area contributed by atoms with Gasteiger partial charge in [0.05, 0.1) is 0 Å². The molecule has 0 unspecified atom stereocenters. The lowest BCUT2D eigenvalue weighted by Gasteiger charge is -2.29. The molecule has 0 fully saturated rings. The fourth-order valence-electron chi connectivity index (χ4n) is 3.29. The number of ether oxygens (including phenoxy) is 1. The maximum absolute atomic E-state index is 13.7. The molecule has 2 aromatic rings. The number of rotatable bonds is 6. The number of anilines is 2. The van der Waals surface area contributed by atoms with Crippen LogP contribution in [-0.2, 0) is 27.2 Å². The summed E-state index contributed by atoms with van der Waals surface area (Å²) in [5, 5.41) is 2.84. The van der Waals surface area contributed by atoms with Crippen molar-refractivity contribution >= 4 is 23.2 Å². The molecule has 5 nitrogen and oxygen atoms in total. The molecule has 6 heteroatoms. The van der Waals surface area contributed by atoms with Gasteiger partial charge in [-0.1, -0.05) is 24.3 Å². The second kappa shape index (κ2) is 8.77. The maximum atomic E-state index is 13.7. The first-order chi connectivity index (χ1) is 13.1. The molecule has 1 N–H and O–H groups in total. The van der Waals surface area contributed by atoms with Crippen LogP contribution in [0.1, 0.15) is 24.0 Å². The summed E-state index contributed by atoms with van der Waals surface area (Å²) in [7, 11) is 1.50. The molecule has 2 amide bonds. The number of nitrogens with one attached hydrogen (secondary N) is 1. The van der Waals surface area contributed by atoms with Crippen molar-refractivity contribution in [2.75, 3.05) is 30.5 Å². The number of nitrogens with zero attached hydrogens (tertiary/aromatic N) is 1. The molecular weight excluding hydrogens is 347 g/mol. The molecule has 2 aromatic carbocycles. The third-order valence-electron chi connectivity index (χ3n) is 4.64. The summed E-state index contributed by atoms with van der Waals surface area (Å²) in [6, 6.07) is 12.1. The summed E-state index contributed by atoms with van der Waals surface area (Å²) in [6.45, 7) is 0.665. The van der Waals surface area contributed by atoms with E-state index in [0.29, 0.717) is 24.2 Å². The maximum Gasteiger partial charge on any atom is 0.252 e. The SMILES string of the molecule is COCC(=O)N1CCCc2ccc(NC(=O)CCc3ccccc3F)cc21. The van der Waals surface area contributed by atoms with Crippen LogP contribution in [0, 0.1) is 5.82 Å². The molecule has 3 rings (SSSR count). The van der Waals surface area contributed by atoms with Crippen LogP contribution in [-0.4, -0.2) is 32.1 Å². The molecule has 0 aliphatic carbocycles. The Labute approximate surface area is 158 Å². The number of aryl methyl sites for hydroxylation is 2. The van der Waals surface area contributed by atoms with Gasteiger partial charge in [0.2, 0.25) is 5.91 Å². The van der Waals surface area contributed by atoms with Crippen molar-refractivity contribution in [2.45, 2.75) is 25.7 Å². The zero-order chi connectivity index (χ0) is 19.2. The molecule has 1 aliphatic rings. The largest absolute Gasteiger partial charge is 0.375 e. The fourth-order valence-corrected chi connectivity index (χ4v) is 3.29. The van der Waals surface area contributed by atoms with Crippen LogP contribution < -0.4 is 10.2 Å². The zero-order valence-corrected chi connectivity index (χ0v) is 15.3. The molecule has 0 spiro atoms. The molecule has 0 saturated carbocycles. The van der Waals surface area contributed by atoms with Gasteiger partial charge in [0.1, 0.15) is 12.4 Å². The van der Waals surface area contributed by atoms with Gasteiger partial charge in [-0.3, -0.25) is 9.59 Å². The lowest BCUT2D eigenvalue weighted by Crippen LogP contribution is -2.37. The minimum atomic E-state index is -0.300. The summed E-state index contributed by atoms with van der Waals surface area (Å²) in [6.07, 6.45) is 2.32. The standard InChI is InChI=1S/C21H23FN2O3/c1-27-14-21(26)24-12-4-6-16-8-10-17(13-19(16)24)23-20(25)11-9-15-5-2-3-7-18(15)22/h2-3,5,7-8,10,13H,4,6,9,11-12,14H2,1H3,(H,23,25). The Morgan fingerprint density at radius 2 is 2.04 bits per heavy atom. The van der Waals surface area contributed by atoms with Gasteiger partial charge in [0.15, 0.2) is 0 Å². The minimum absolute atomic E-state index is 0.0265. The zero-order valence-electron chi connectivity index (χ0n) is 15.3. The number of hydrogen-bond donors (Lipinski definition) is 1. The Bertz CT molecular complexity index is 838. The van der Waals surface area contributed by atoms with E-state index in [1.807, 2.05) is 18.2 Å². The van der Waals surface area contributed by atoms with Gasteiger partial charge >= 0.3 is 0 Å². The van der Waals surface area contributed by atoms with E-state index in [0.717, 1.165) is 24.1 Å². The highest BCUT2D eigenvalue weighted by atomic mass is 19.1. The second-order valence-electron chi connectivity index (χ2n) is 6.57. The molecule has 27 heavy (non-hydrogen) atoms. The predicted molar refractivity (Wildman–Crippen MR) is 102 cm³/mol. The monoisotopic (exact) mass is 370 g/mol. The van der Waals surface area contributed by atoms with Crippen LogP contribution >= 0.6 is 0 Å². The highest BCUT2D eigenvalue weighted by Crippen LogP contribution is 2.30. The molecule has 1 aliphatic heterocycles. The van der Waals surface area contributed by atoms with Gasteiger partial charge in [0, 0.05) is 31.5 Å². The van der Waals surface area contributed by atoms with Crippen LogP contribution in [0.15, 0.2) is 42.5 Å². The lowest BCUT2D eigenvalue weighted by molar-refractivity contribution is -0.122. The van der Waals surface area contributed by atoms with E-state index < -0.39 is 0 Å². The van der Waals surface area contributed by atoms with Crippen LogP contribution in [0.25, 0.3) is 0 Å². The van der Waals surface area contributed by atoms with Crippen molar-refractivity contribution in [1.82, 2.24) is 0 Å². The number of amides is 2. The lowest BCUT2D eigenvalue weighted by atomic mass is 10.0. The van der Waals surface area contributed by atoms with Gasteiger partial charge in [-0.25, -0.2) is 4.39 Å².